The van der Waals surface area contributed by atoms with Gasteiger partial charge in [0.15, 0.2) is 5.78 Å². The van der Waals surface area contributed by atoms with Crippen LogP contribution in [-0.4, -0.2) is 102 Å². The molecule has 1 heterocycles. The lowest BCUT2D eigenvalue weighted by Crippen LogP contribution is -2.60. The zero-order chi connectivity index (χ0) is 35.2. The van der Waals surface area contributed by atoms with E-state index in [1.54, 1.807) is 12.1 Å². The molecule has 0 spiro atoms. The number of aliphatic hydroxyl groups excluding tert-OH is 1. The van der Waals surface area contributed by atoms with Crippen LogP contribution in [0.1, 0.15) is 23.6 Å². The Labute approximate surface area is 298 Å². The number of Topliss-reactive ketones (excluding diaryl/α,β-unsaturated/α-hetero) is 1. The van der Waals surface area contributed by atoms with Gasteiger partial charge in [-0.05, 0) is 48.6 Å². The molecule has 13 heteroatoms. The maximum atomic E-state index is 14.0. The van der Waals surface area contributed by atoms with Crippen molar-refractivity contribution in [1.29, 1.82) is 0 Å². The van der Waals surface area contributed by atoms with Gasteiger partial charge in [-0.3, -0.25) is 24.1 Å². The Kier molecular flexibility index (Phi) is 16.1. The molecule has 8 N–H and O–H groups in total. The Morgan fingerprint density at radius 3 is 2.22 bits per heavy atom. The molecule has 12 nitrogen and oxygen atoms in total. The lowest BCUT2D eigenvalue weighted by atomic mass is 9.95. The zero-order valence-corrected chi connectivity index (χ0v) is 28.9. The van der Waals surface area contributed by atoms with Crippen LogP contribution in [0.2, 0.25) is 0 Å². The number of amides is 3. The van der Waals surface area contributed by atoms with Gasteiger partial charge < -0.3 is 37.2 Å². The molecule has 0 saturated carbocycles. The van der Waals surface area contributed by atoms with Crippen LogP contribution in [0.15, 0.2) is 91.0 Å². The molecule has 1 unspecified atom stereocenters. The summed E-state index contributed by atoms with van der Waals surface area (Å²) in [7, 11) is 0. The van der Waals surface area contributed by atoms with E-state index in [2.05, 4.69) is 26.2 Å². The molecule has 1 aliphatic heterocycles. The lowest BCUT2D eigenvalue weighted by Gasteiger charge is -2.36. The highest BCUT2D eigenvalue weighted by Crippen LogP contribution is 2.13. The average molecular weight is 707 g/mol. The Morgan fingerprint density at radius 2 is 1.56 bits per heavy atom. The quantitative estimate of drug-likeness (QED) is 0.114. The molecule has 4 rings (SSSR count). The molecule has 268 valence electrons. The highest BCUT2D eigenvalue weighted by atomic mass is 35.5. The summed E-state index contributed by atoms with van der Waals surface area (Å²) in [5.41, 5.74) is 8.66. The molecule has 3 amide bonds. The minimum Gasteiger partial charge on any atom is -0.508 e. The van der Waals surface area contributed by atoms with Crippen molar-refractivity contribution in [1.82, 2.24) is 26.2 Å². The molecule has 1 saturated heterocycles. The summed E-state index contributed by atoms with van der Waals surface area (Å²) in [4.78, 5) is 55.1. The van der Waals surface area contributed by atoms with Gasteiger partial charge in [0.05, 0.1) is 30.8 Å². The standard InChI is InChI=1S/C37H46N6O6.ClH/c1-25(44)34(42-36(48)30(38)21-28-14-16-29(45)17-15-28)37(49)40-24-33(46)41-31(22-27-11-6-3-7-12-27)35(47)32-23-39-18-20-43(32)19-8-13-26-9-4-2-5-10-26;/h2-17,25,30-32,34,39,44-45H,18-24,38H2,1H3,(H,40,49)(H,41,46)(H,42,48);1H/t25-,30-,31-,32?,34+;/m0./s1. The van der Waals surface area contributed by atoms with Crippen LogP contribution in [0.25, 0.3) is 6.08 Å². The Balaban J connectivity index is 0.00000676. The number of carbonyl (C=O) groups is 4. The van der Waals surface area contributed by atoms with E-state index in [9.17, 15) is 29.4 Å². The summed E-state index contributed by atoms with van der Waals surface area (Å²) in [6.45, 7) is 3.23. The van der Waals surface area contributed by atoms with Gasteiger partial charge in [-0.15, -0.1) is 12.4 Å². The first-order chi connectivity index (χ1) is 23.6. The van der Waals surface area contributed by atoms with E-state index in [1.807, 2.05) is 72.8 Å². The summed E-state index contributed by atoms with van der Waals surface area (Å²) < 4.78 is 0. The fourth-order valence-electron chi connectivity index (χ4n) is 5.61. The monoisotopic (exact) mass is 706 g/mol. The van der Waals surface area contributed by atoms with Gasteiger partial charge >= 0.3 is 0 Å². The number of nitrogens with two attached hydrogens (primary N) is 1. The molecule has 50 heavy (non-hydrogen) atoms. The molecule has 0 aliphatic carbocycles. The number of ketones is 1. The van der Waals surface area contributed by atoms with Crippen molar-refractivity contribution >= 4 is 42.0 Å². The second-order valence-electron chi connectivity index (χ2n) is 12.2. The first kappa shape index (κ1) is 39.8. The normalized spacial score (nSPS) is 17.1. The van der Waals surface area contributed by atoms with Crippen LogP contribution < -0.4 is 27.0 Å². The number of carbonyl (C=O) groups excluding carboxylic acids is 4. The maximum absolute atomic E-state index is 14.0. The van der Waals surface area contributed by atoms with E-state index in [1.165, 1.54) is 19.1 Å². The summed E-state index contributed by atoms with van der Waals surface area (Å²) in [6, 6.07) is 21.7. The Morgan fingerprint density at radius 1 is 0.920 bits per heavy atom. The number of hydrogen-bond donors (Lipinski definition) is 7. The fraction of sp³-hybridized carbons (Fsp3) is 0.351. The van der Waals surface area contributed by atoms with Crippen molar-refractivity contribution in [3.8, 4) is 5.75 Å². The van der Waals surface area contributed by atoms with Crippen molar-refractivity contribution in [2.75, 3.05) is 32.7 Å². The third kappa shape index (κ3) is 12.4. The number of benzene rings is 3. The fourth-order valence-corrected chi connectivity index (χ4v) is 5.61. The predicted octanol–water partition coefficient (Wildman–Crippen LogP) is 0.949. The Hall–Kier alpha value is -4.59. The number of phenolic OH excluding ortho intramolecular Hbond substituents is 1. The van der Waals surface area contributed by atoms with E-state index >= 15 is 0 Å². The summed E-state index contributed by atoms with van der Waals surface area (Å²) in [5, 5.41) is 30.8. The molecule has 3 aromatic rings. The summed E-state index contributed by atoms with van der Waals surface area (Å²) in [6.07, 6.45) is 3.15. The number of phenols is 1. The van der Waals surface area contributed by atoms with Crippen LogP contribution >= 0.6 is 12.4 Å². The molecule has 1 fully saturated rings. The first-order valence-electron chi connectivity index (χ1n) is 16.4. The van der Waals surface area contributed by atoms with Gasteiger partial charge in [-0.1, -0.05) is 84.9 Å². The van der Waals surface area contributed by atoms with E-state index in [0.29, 0.717) is 25.2 Å². The number of rotatable bonds is 16. The molecule has 0 aromatic heterocycles. The minimum atomic E-state index is -1.38. The average Bonchev–Trinajstić information content (AvgIpc) is 3.10. The molecule has 0 radical (unpaired) electrons. The smallest absolute Gasteiger partial charge is 0.245 e. The number of nitrogens with one attached hydrogen (secondary N) is 4. The van der Waals surface area contributed by atoms with Gasteiger partial charge in [0.1, 0.15) is 11.8 Å². The second kappa shape index (κ2) is 20.2. The van der Waals surface area contributed by atoms with Crippen LogP contribution in [0.4, 0.5) is 0 Å². The molecule has 5 atom stereocenters. The Bertz CT molecular complexity index is 1560. The minimum absolute atomic E-state index is 0. The van der Waals surface area contributed by atoms with Crippen LogP contribution in [-0.2, 0) is 32.0 Å². The van der Waals surface area contributed by atoms with Crippen molar-refractivity contribution in [3.05, 3.63) is 108 Å². The highest BCUT2D eigenvalue weighted by molar-refractivity contribution is 5.95. The first-order valence-corrected chi connectivity index (χ1v) is 16.4. The largest absolute Gasteiger partial charge is 0.508 e. The van der Waals surface area contributed by atoms with Gasteiger partial charge in [0.2, 0.25) is 17.7 Å². The van der Waals surface area contributed by atoms with Crippen molar-refractivity contribution in [2.24, 2.45) is 5.73 Å². The van der Waals surface area contributed by atoms with Crippen LogP contribution in [0.3, 0.4) is 0 Å². The lowest BCUT2D eigenvalue weighted by molar-refractivity contribution is -0.134. The highest BCUT2D eigenvalue weighted by Gasteiger charge is 2.34. The van der Waals surface area contributed by atoms with Crippen molar-refractivity contribution < 1.29 is 29.4 Å². The number of aliphatic hydroxyl groups is 1. The zero-order valence-electron chi connectivity index (χ0n) is 28.0. The van der Waals surface area contributed by atoms with E-state index < -0.39 is 54.5 Å². The van der Waals surface area contributed by atoms with Gasteiger partial charge in [0.25, 0.3) is 0 Å². The van der Waals surface area contributed by atoms with E-state index in [-0.39, 0.29) is 36.8 Å². The number of nitrogens with zero attached hydrogens (tertiary/aromatic N) is 1. The molecule has 1 aliphatic rings. The van der Waals surface area contributed by atoms with Crippen LogP contribution in [0.5, 0.6) is 5.75 Å². The van der Waals surface area contributed by atoms with Crippen molar-refractivity contribution in [2.45, 2.75) is 50.0 Å². The number of piperazine rings is 1. The molecular weight excluding hydrogens is 660 g/mol. The second-order valence-corrected chi connectivity index (χ2v) is 12.2. The third-order valence-electron chi connectivity index (χ3n) is 8.31. The molecule has 3 aromatic carbocycles. The van der Waals surface area contributed by atoms with Gasteiger partial charge in [0, 0.05) is 26.2 Å². The SMILES string of the molecule is C[C@H](O)[C@@H](NC(=O)[C@@H](N)Cc1ccc(O)cc1)C(=O)NCC(=O)N[C@@H](Cc1ccccc1)C(=O)C1CNCCN1CC=Cc1ccccc1.Cl. The number of aromatic hydroxyl groups is 1. The van der Waals surface area contributed by atoms with Gasteiger partial charge in [-0.2, -0.15) is 0 Å². The maximum Gasteiger partial charge on any atom is 0.245 e. The van der Waals surface area contributed by atoms with Crippen molar-refractivity contribution in [3.63, 3.8) is 0 Å². The topological polar surface area (TPSA) is 186 Å². The van der Waals surface area contributed by atoms with Gasteiger partial charge in [-0.25, -0.2) is 0 Å². The predicted molar refractivity (Wildman–Crippen MR) is 194 cm³/mol. The van der Waals surface area contributed by atoms with E-state index in [4.69, 9.17) is 5.73 Å². The van der Waals surface area contributed by atoms with E-state index in [0.717, 1.165) is 17.7 Å². The molecule has 0 bridgehead atoms. The van der Waals surface area contributed by atoms with Crippen LogP contribution in [0, 0.1) is 0 Å². The summed E-state index contributed by atoms with van der Waals surface area (Å²) in [5.74, 6) is -2.12. The number of hydrogen-bond acceptors (Lipinski definition) is 9. The summed E-state index contributed by atoms with van der Waals surface area (Å²) >= 11 is 0. The number of halogens is 1. The third-order valence-corrected chi connectivity index (χ3v) is 8.31. The molecular formula is C37H47ClN6O6.